The van der Waals surface area contributed by atoms with Gasteiger partial charge in [0.2, 0.25) is 0 Å². The average Bonchev–Trinajstić information content (AvgIpc) is 3.28. The second-order valence-corrected chi connectivity index (χ2v) is 7.82. The second kappa shape index (κ2) is 7.98. The molecule has 2 heterocycles. The van der Waals surface area contributed by atoms with E-state index >= 15 is 0 Å². The smallest absolute Gasteiger partial charge is 0.266 e. The number of aromatic nitrogens is 2. The zero-order valence-corrected chi connectivity index (χ0v) is 17.2. The molecule has 1 aromatic heterocycles. The van der Waals surface area contributed by atoms with Gasteiger partial charge in [-0.15, -0.1) is 0 Å². The Kier molecular flexibility index (Phi) is 5.42. The van der Waals surface area contributed by atoms with Gasteiger partial charge >= 0.3 is 0 Å². The highest BCUT2D eigenvalue weighted by Gasteiger charge is 2.29. The maximum Gasteiger partial charge on any atom is 0.266 e. The summed E-state index contributed by atoms with van der Waals surface area (Å²) in [5.74, 6) is 1.15. The van der Waals surface area contributed by atoms with Crippen LogP contribution in [-0.4, -0.2) is 10.5 Å². The van der Waals surface area contributed by atoms with Gasteiger partial charge in [-0.25, -0.2) is 9.13 Å². The minimum Gasteiger partial charge on any atom is -0.322 e. The van der Waals surface area contributed by atoms with E-state index in [9.17, 15) is 4.79 Å². The molecule has 1 amide bonds. The summed E-state index contributed by atoms with van der Waals surface area (Å²) in [6, 6.07) is 13.6. The van der Waals surface area contributed by atoms with Crippen LogP contribution < -0.4 is 9.88 Å². The van der Waals surface area contributed by atoms with Crippen LogP contribution in [0.1, 0.15) is 24.7 Å². The Morgan fingerprint density at radius 1 is 1.18 bits per heavy atom. The summed E-state index contributed by atoms with van der Waals surface area (Å²) >= 11 is 12.3. The first-order valence-corrected chi connectivity index (χ1v) is 10.3. The summed E-state index contributed by atoms with van der Waals surface area (Å²) in [6.07, 6.45) is 4.96. The summed E-state index contributed by atoms with van der Waals surface area (Å²) in [4.78, 5) is 12.7. The molecule has 0 saturated carbocycles. The lowest BCUT2D eigenvalue weighted by Crippen LogP contribution is -2.42. The molecular formula is C22H22Cl2N3O+. The van der Waals surface area contributed by atoms with Gasteiger partial charge in [0.25, 0.3) is 11.7 Å². The summed E-state index contributed by atoms with van der Waals surface area (Å²) in [6.45, 7) is 3.32. The van der Waals surface area contributed by atoms with Gasteiger partial charge in [-0.2, -0.15) is 0 Å². The number of nitrogens with zero attached hydrogens (tertiary/aromatic N) is 2. The summed E-state index contributed by atoms with van der Waals surface area (Å²) in [7, 11) is 0. The number of imidazole rings is 1. The van der Waals surface area contributed by atoms with E-state index < -0.39 is 0 Å². The van der Waals surface area contributed by atoms with E-state index in [1.807, 2.05) is 48.7 Å². The topological polar surface area (TPSA) is 37.9 Å². The average molecular weight is 415 g/mol. The Labute approximate surface area is 174 Å². The monoisotopic (exact) mass is 414 g/mol. The van der Waals surface area contributed by atoms with Gasteiger partial charge in [-0.05, 0) is 42.7 Å². The van der Waals surface area contributed by atoms with Crippen molar-refractivity contribution in [3.63, 3.8) is 0 Å². The third-order valence-corrected chi connectivity index (χ3v) is 5.93. The molecule has 1 N–H and O–H groups in total. The summed E-state index contributed by atoms with van der Waals surface area (Å²) in [5, 5.41) is 4.14. The van der Waals surface area contributed by atoms with Crippen molar-refractivity contribution in [3.05, 3.63) is 70.1 Å². The lowest BCUT2D eigenvalue weighted by molar-refractivity contribution is -0.690. The number of hydrogen-bond acceptors (Lipinski definition) is 1. The van der Waals surface area contributed by atoms with E-state index in [0.29, 0.717) is 10.0 Å². The molecule has 0 atom stereocenters. The van der Waals surface area contributed by atoms with E-state index in [0.717, 1.165) is 48.3 Å². The van der Waals surface area contributed by atoms with Crippen LogP contribution in [0.2, 0.25) is 10.0 Å². The van der Waals surface area contributed by atoms with Crippen LogP contribution in [-0.2, 0) is 30.7 Å². The predicted molar refractivity (Wildman–Crippen MR) is 113 cm³/mol. The Morgan fingerprint density at radius 2 is 2.00 bits per heavy atom. The number of halogens is 2. The minimum absolute atomic E-state index is 0.0214. The van der Waals surface area contributed by atoms with Gasteiger partial charge in [0, 0.05) is 11.3 Å². The van der Waals surface area contributed by atoms with Gasteiger partial charge in [0.1, 0.15) is 6.20 Å². The highest BCUT2D eigenvalue weighted by molar-refractivity contribution is 6.42. The Morgan fingerprint density at radius 3 is 2.79 bits per heavy atom. The molecule has 0 radical (unpaired) electrons. The first-order chi connectivity index (χ1) is 13.6. The number of carbonyl (C=O) groups is 1. The SMILES string of the molecule is CCc1ccccc1NC(=O)C[n+]1cc(-c2ccc(Cl)c(Cl)c2)n2c1CCC2. The van der Waals surface area contributed by atoms with Crippen molar-refractivity contribution in [2.45, 2.75) is 39.3 Å². The number of anilines is 1. The number of benzene rings is 2. The molecule has 0 aliphatic carbocycles. The van der Waals surface area contributed by atoms with Gasteiger partial charge in [-0.3, -0.25) is 4.79 Å². The van der Waals surface area contributed by atoms with Crippen molar-refractivity contribution in [1.82, 2.24) is 4.57 Å². The van der Waals surface area contributed by atoms with Gasteiger partial charge in [0.15, 0.2) is 12.2 Å². The minimum atomic E-state index is -0.0214. The Hall–Kier alpha value is -2.30. The van der Waals surface area contributed by atoms with Gasteiger partial charge < -0.3 is 5.32 Å². The zero-order chi connectivity index (χ0) is 19.7. The van der Waals surface area contributed by atoms with E-state index in [1.54, 1.807) is 0 Å². The van der Waals surface area contributed by atoms with Crippen LogP contribution in [0.5, 0.6) is 0 Å². The van der Waals surface area contributed by atoms with E-state index in [-0.39, 0.29) is 12.5 Å². The molecule has 6 heteroatoms. The maximum atomic E-state index is 12.7. The van der Waals surface area contributed by atoms with Crippen LogP contribution in [0.25, 0.3) is 11.3 Å². The quantitative estimate of drug-likeness (QED) is 0.592. The molecule has 144 valence electrons. The highest BCUT2D eigenvalue weighted by atomic mass is 35.5. The number of aryl methyl sites for hydroxylation is 1. The molecule has 0 bridgehead atoms. The number of carbonyl (C=O) groups excluding carboxylic acids is 1. The van der Waals surface area contributed by atoms with E-state index in [2.05, 4.69) is 21.4 Å². The first kappa shape index (κ1) is 19.0. The molecule has 28 heavy (non-hydrogen) atoms. The lowest BCUT2D eigenvalue weighted by Gasteiger charge is -2.08. The molecule has 1 aliphatic heterocycles. The van der Waals surface area contributed by atoms with Crippen molar-refractivity contribution in [2.75, 3.05) is 5.32 Å². The molecule has 0 fully saturated rings. The molecule has 4 rings (SSSR count). The molecule has 4 nitrogen and oxygen atoms in total. The third kappa shape index (κ3) is 3.67. The fraction of sp³-hybridized carbons (Fsp3) is 0.273. The second-order valence-electron chi connectivity index (χ2n) is 7.00. The van der Waals surface area contributed by atoms with E-state index in [1.165, 1.54) is 5.82 Å². The fourth-order valence-corrected chi connectivity index (χ4v) is 4.13. The first-order valence-electron chi connectivity index (χ1n) is 9.52. The summed E-state index contributed by atoms with van der Waals surface area (Å²) < 4.78 is 4.32. The number of fused-ring (bicyclic) bond motifs is 1. The maximum absolute atomic E-state index is 12.7. The van der Waals surface area contributed by atoms with Crippen LogP contribution in [0, 0.1) is 0 Å². The number of rotatable bonds is 5. The third-order valence-electron chi connectivity index (χ3n) is 5.20. The zero-order valence-electron chi connectivity index (χ0n) is 15.7. The highest BCUT2D eigenvalue weighted by Crippen LogP contribution is 2.30. The van der Waals surface area contributed by atoms with Crippen molar-refractivity contribution < 1.29 is 9.36 Å². The lowest BCUT2D eigenvalue weighted by atomic mass is 10.1. The normalized spacial score (nSPS) is 12.8. The van der Waals surface area contributed by atoms with Crippen molar-refractivity contribution in [1.29, 1.82) is 0 Å². The van der Waals surface area contributed by atoms with Crippen LogP contribution in [0.15, 0.2) is 48.7 Å². The van der Waals surface area contributed by atoms with Gasteiger partial charge in [-0.1, -0.05) is 48.3 Å². The molecular weight excluding hydrogens is 393 g/mol. The van der Waals surface area contributed by atoms with Crippen molar-refractivity contribution in [2.24, 2.45) is 0 Å². The van der Waals surface area contributed by atoms with Crippen molar-refractivity contribution >= 4 is 34.8 Å². The van der Waals surface area contributed by atoms with E-state index in [4.69, 9.17) is 23.2 Å². The number of amides is 1. The van der Waals surface area contributed by atoms with Crippen LogP contribution >= 0.6 is 23.2 Å². The fourth-order valence-electron chi connectivity index (χ4n) is 3.83. The molecule has 3 aromatic rings. The number of nitrogens with one attached hydrogen (secondary N) is 1. The van der Waals surface area contributed by atoms with Crippen LogP contribution in [0.3, 0.4) is 0 Å². The number of hydrogen-bond donors (Lipinski definition) is 1. The Balaban J connectivity index is 1.60. The largest absolute Gasteiger partial charge is 0.322 e. The van der Waals surface area contributed by atoms with Crippen molar-refractivity contribution in [3.8, 4) is 11.3 Å². The molecule has 1 aliphatic rings. The predicted octanol–water partition coefficient (Wildman–Crippen LogP) is 4.90. The number of para-hydroxylation sites is 1. The standard InChI is InChI=1S/C22H21Cl2N3O/c1-2-15-6-3-4-7-19(15)25-21(28)14-26-13-20(27-11-5-8-22(26)27)16-9-10-17(23)18(24)12-16/h3-4,6-7,9-10,12-13H,2,5,8,11,14H2,1H3/p+1. The Bertz CT molecular complexity index is 1040. The molecule has 0 spiro atoms. The molecule has 0 saturated heterocycles. The molecule has 0 unspecified atom stereocenters. The molecule has 2 aromatic carbocycles. The van der Waals surface area contributed by atoms with Crippen LogP contribution in [0.4, 0.5) is 5.69 Å². The van der Waals surface area contributed by atoms with Gasteiger partial charge in [0.05, 0.1) is 23.0 Å². The summed E-state index contributed by atoms with van der Waals surface area (Å²) in [5.41, 5.74) is 4.09.